The summed E-state index contributed by atoms with van der Waals surface area (Å²) in [5.74, 6) is 5.27. The van der Waals surface area contributed by atoms with E-state index in [1.54, 1.807) is 0 Å². The first kappa shape index (κ1) is 12.6. The molecule has 0 aromatic rings. The van der Waals surface area contributed by atoms with Gasteiger partial charge in [-0.3, -0.25) is 9.59 Å². The molecule has 0 aromatic heterocycles. The number of rotatable bonds is 4. The molecule has 1 atom stereocenters. The standard InChI is InChI=1S/C12H17NO3/c13-11(14)8-9-12(15)16-10-6-4-2-1-3-5-7-10/h10H,2,4-9H2,(H2,13,14). The molecular formula is C12H17NO3. The lowest BCUT2D eigenvalue weighted by Gasteiger charge is -2.17. The number of nitrogens with two attached hydrogens (primary N) is 1. The molecule has 88 valence electrons. The molecule has 0 aromatic carbocycles. The summed E-state index contributed by atoms with van der Waals surface area (Å²) in [6.45, 7) is 0. The van der Waals surface area contributed by atoms with E-state index < -0.39 is 5.91 Å². The van der Waals surface area contributed by atoms with Crippen LogP contribution in [0.15, 0.2) is 0 Å². The van der Waals surface area contributed by atoms with Gasteiger partial charge in [-0.15, -0.1) is 11.8 Å². The van der Waals surface area contributed by atoms with E-state index in [9.17, 15) is 9.59 Å². The molecule has 1 unspecified atom stereocenters. The number of hydrogen-bond donors (Lipinski definition) is 1. The zero-order valence-corrected chi connectivity index (χ0v) is 9.33. The monoisotopic (exact) mass is 223 g/mol. The first-order chi connectivity index (χ1) is 7.68. The predicted octanol–water partition coefficient (Wildman–Crippen LogP) is 1.13. The minimum Gasteiger partial charge on any atom is -0.462 e. The van der Waals surface area contributed by atoms with Crippen LogP contribution in [0.4, 0.5) is 0 Å². The van der Waals surface area contributed by atoms with E-state index in [0.29, 0.717) is 0 Å². The van der Waals surface area contributed by atoms with Gasteiger partial charge in [-0.25, -0.2) is 0 Å². The van der Waals surface area contributed by atoms with E-state index in [-0.39, 0.29) is 24.9 Å². The molecule has 0 saturated heterocycles. The Kier molecular flexibility index (Phi) is 5.41. The van der Waals surface area contributed by atoms with Crippen LogP contribution in [0.3, 0.4) is 0 Å². The van der Waals surface area contributed by atoms with Crippen molar-refractivity contribution in [2.75, 3.05) is 0 Å². The maximum atomic E-state index is 11.3. The van der Waals surface area contributed by atoms with Gasteiger partial charge in [0.2, 0.25) is 5.91 Å². The van der Waals surface area contributed by atoms with E-state index in [1.165, 1.54) is 0 Å². The van der Waals surface area contributed by atoms with Gasteiger partial charge >= 0.3 is 5.97 Å². The average Bonchev–Trinajstić information content (AvgIpc) is 2.19. The highest BCUT2D eigenvalue weighted by molar-refractivity contribution is 5.79. The lowest BCUT2D eigenvalue weighted by atomic mass is 10.0. The van der Waals surface area contributed by atoms with Crippen LogP contribution in [0.1, 0.15) is 44.9 Å². The van der Waals surface area contributed by atoms with E-state index >= 15 is 0 Å². The quantitative estimate of drug-likeness (QED) is 0.573. The van der Waals surface area contributed by atoms with E-state index in [1.807, 2.05) is 0 Å². The largest absolute Gasteiger partial charge is 0.462 e. The molecule has 0 saturated carbocycles. The van der Waals surface area contributed by atoms with Gasteiger partial charge in [0.1, 0.15) is 6.10 Å². The molecule has 4 nitrogen and oxygen atoms in total. The molecule has 0 fully saturated rings. The molecule has 0 bridgehead atoms. The Morgan fingerprint density at radius 1 is 1.19 bits per heavy atom. The zero-order valence-electron chi connectivity index (χ0n) is 9.33. The third-order valence-corrected chi connectivity index (χ3v) is 2.42. The van der Waals surface area contributed by atoms with Crippen molar-refractivity contribution in [3.05, 3.63) is 0 Å². The van der Waals surface area contributed by atoms with Crippen molar-refractivity contribution >= 4 is 11.9 Å². The van der Waals surface area contributed by atoms with Gasteiger partial charge in [0.05, 0.1) is 6.42 Å². The molecule has 1 amide bonds. The Balaban J connectivity index is 2.27. The highest BCUT2D eigenvalue weighted by Gasteiger charge is 2.14. The summed E-state index contributed by atoms with van der Waals surface area (Å²) < 4.78 is 5.26. The summed E-state index contributed by atoms with van der Waals surface area (Å²) in [4.78, 5) is 21.8. The van der Waals surface area contributed by atoms with Gasteiger partial charge in [-0.1, -0.05) is 0 Å². The van der Waals surface area contributed by atoms with Crippen LogP contribution in [0.5, 0.6) is 0 Å². The topological polar surface area (TPSA) is 69.4 Å². The van der Waals surface area contributed by atoms with Gasteiger partial charge < -0.3 is 10.5 Å². The minimum atomic E-state index is -0.472. The van der Waals surface area contributed by atoms with Gasteiger partial charge in [0, 0.05) is 19.3 Å². The Morgan fingerprint density at radius 3 is 2.69 bits per heavy atom. The molecule has 1 aliphatic rings. The molecule has 0 spiro atoms. The second-order valence-corrected chi connectivity index (χ2v) is 3.86. The summed E-state index contributed by atoms with van der Waals surface area (Å²) in [6, 6.07) is 0. The second-order valence-electron chi connectivity index (χ2n) is 3.86. The van der Waals surface area contributed by atoms with Crippen LogP contribution in [0.25, 0.3) is 0 Å². The summed E-state index contributed by atoms with van der Waals surface area (Å²) in [5.41, 5.74) is 4.95. The molecule has 1 rings (SSSR count). The SMILES string of the molecule is NC(=O)CCC(=O)OC1CCC#CCCC1. The van der Waals surface area contributed by atoms with E-state index in [4.69, 9.17) is 10.5 Å². The van der Waals surface area contributed by atoms with E-state index in [0.717, 1.165) is 32.1 Å². The Hall–Kier alpha value is -1.50. The van der Waals surface area contributed by atoms with Crippen LogP contribution >= 0.6 is 0 Å². The number of primary amides is 1. The van der Waals surface area contributed by atoms with Crippen LogP contribution in [-0.4, -0.2) is 18.0 Å². The number of ether oxygens (including phenoxy) is 1. The highest BCUT2D eigenvalue weighted by Crippen LogP contribution is 2.14. The molecule has 4 heteroatoms. The Labute approximate surface area is 95.5 Å². The molecule has 2 N–H and O–H groups in total. The Bertz CT molecular complexity index is 314. The van der Waals surface area contributed by atoms with Gasteiger partial charge in [-0.05, 0) is 19.3 Å². The number of amides is 1. The third kappa shape index (κ3) is 5.40. The molecule has 16 heavy (non-hydrogen) atoms. The average molecular weight is 223 g/mol. The highest BCUT2D eigenvalue weighted by atomic mass is 16.5. The molecule has 0 aliphatic heterocycles. The van der Waals surface area contributed by atoms with E-state index in [2.05, 4.69) is 11.8 Å². The van der Waals surface area contributed by atoms with Crippen LogP contribution in [0.2, 0.25) is 0 Å². The smallest absolute Gasteiger partial charge is 0.306 e. The van der Waals surface area contributed by atoms with Crippen LogP contribution in [-0.2, 0) is 14.3 Å². The fraction of sp³-hybridized carbons (Fsp3) is 0.667. The van der Waals surface area contributed by atoms with Crippen molar-refractivity contribution in [3.63, 3.8) is 0 Å². The fourth-order valence-electron chi connectivity index (χ4n) is 1.56. The van der Waals surface area contributed by atoms with Crippen molar-refractivity contribution < 1.29 is 14.3 Å². The summed E-state index contributed by atoms with van der Waals surface area (Å²) in [6.07, 6.45) is 4.34. The minimum absolute atomic E-state index is 0.0463. The number of carbonyl (C=O) groups excluding carboxylic acids is 2. The number of esters is 1. The molecular weight excluding hydrogens is 206 g/mol. The van der Waals surface area contributed by atoms with Gasteiger partial charge in [0.15, 0.2) is 0 Å². The van der Waals surface area contributed by atoms with Crippen LogP contribution in [0, 0.1) is 11.8 Å². The van der Waals surface area contributed by atoms with Crippen molar-refractivity contribution in [3.8, 4) is 11.8 Å². The maximum Gasteiger partial charge on any atom is 0.306 e. The van der Waals surface area contributed by atoms with Crippen molar-refractivity contribution in [2.45, 2.75) is 51.0 Å². The number of carbonyl (C=O) groups is 2. The zero-order chi connectivity index (χ0) is 11.8. The Morgan fingerprint density at radius 2 is 1.94 bits per heavy atom. The number of hydrogen-bond acceptors (Lipinski definition) is 3. The summed E-state index contributed by atoms with van der Waals surface area (Å²) in [5, 5.41) is 0. The fourth-order valence-corrected chi connectivity index (χ4v) is 1.56. The van der Waals surface area contributed by atoms with Crippen LogP contribution < -0.4 is 5.73 Å². The van der Waals surface area contributed by atoms with Crippen molar-refractivity contribution in [1.82, 2.24) is 0 Å². The maximum absolute atomic E-state index is 11.3. The summed E-state index contributed by atoms with van der Waals surface area (Å²) >= 11 is 0. The third-order valence-electron chi connectivity index (χ3n) is 2.42. The van der Waals surface area contributed by atoms with Gasteiger partial charge in [0.25, 0.3) is 0 Å². The van der Waals surface area contributed by atoms with Crippen molar-refractivity contribution in [1.29, 1.82) is 0 Å². The molecule has 0 radical (unpaired) electrons. The van der Waals surface area contributed by atoms with Crippen molar-refractivity contribution in [2.24, 2.45) is 5.73 Å². The lowest BCUT2D eigenvalue weighted by molar-refractivity contribution is -0.150. The summed E-state index contributed by atoms with van der Waals surface area (Å²) in [7, 11) is 0. The molecule has 1 aliphatic carbocycles. The van der Waals surface area contributed by atoms with Gasteiger partial charge in [-0.2, -0.15) is 0 Å². The lowest BCUT2D eigenvalue weighted by Crippen LogP contribution is -2.20. The first-order valence-corrected chi connectivity index (χ1v) is 5.62. The molecule has 0 heterocycles. The normalized spacial score (nSPS) is 19.9. The second kappa shape index (κ2) is 6.89. The first-order valence-electron chi connectivity index (χ1n) is 5.62. The predicted molar refractivity (Wildman–Crippen MR) is 59.2 cm³/mol.